The molecule has 0 spiro atoms. The van der Waals surface area contributed by atoms with Crippen LogP contribution in [-0.4, -0.2) is 35.4 Å². The van der Waals surface area contributed by atoms with Crippen molar-refractivity contribution in [1.29, 1.82) is 0 Å². The van der Waals surface area contributed by atoms with Crippen LogP contribution in [0.5, 0.6) is 11.5 Å². The summed E-state index contributed by atoms with van der Waals surface area (Å²) in [5, 5.41) is 0.799. The second-order valence-corrected chi connectivity index (χ2v) is 8.86. The van der Waals surface area contributed by atoms with Gasteiger partial charge in [0.25, 0.3) is 5.91 Å². The standard InChI is InChI=1S/C22H19Cl2NO3S2/c1-3-6-14-7-4-5-8-18(14)27-9-10-28-20-15(11-16(23)13-17(20)24)12-19-21(26)25(2)22(29)30-19/h3-5,7-8,11-13H,1,6,9-10H2,2H3. The van der Waals surface area contributed by atoms with Crippen LogP contribution >= 0.6 is 47.2 Å². The molecule has 156 valence electrons. The lowest BCUT2D eigenvalue weighted by molar-refractivity contribution is -0.121. The molecule has 0 atom stereocenters. The van der Waals surface area contributed by atoms with Crippen LogP contribution in [0.3, 0.4) is 0 Å². The molecule has 1 saturated heterocycles. The number of ether oxygens (including phenoxy) is 2. The van der Waals surface area contributed by atoms with Gasteiger partial charge in [-0.05, 0) is 36.3 Å². The van der Waals surface area contributed by atoms with Gasteiger partial charge in [0, 0.05) is 17.6 Å². The molecule has 1 aliphatic heterocycles. The van der Waals surface area contributed by atoms with Gasteiger partial charge in [0.05, 0.1) is 9.93 Å². The first-order valence-electron chi connectivity index (χ1n) is 9.05. The number of benzene rings is 2. The molecule has 3 rings (SSSR count). The van der Waals surface area contributed by atoms with Gasteiger partial charge in [-0.15, -0.1) is 6.58 Å². The van der Waals surface area contributed by atoms with Crippen molar-refractivity contribution < 1.29 is 14.3 Å². The fraction of sp³-hybridized carbons (Fsp3) is 0.182. The normalized spacial score (nSPS) is 15.0. The summed E-state index contributed by atoms with van der Waals surface area (Å²) >= 11 is 18.9. The molecule has 0 aromatic heterocycles. The van der Waals surface area contributed by atoms with Crippen LogP contribution in [0.4, 0.5) is 0 Å². The van der Waals surface area contributed by atoms with Crippen molar-refractivity contribution in [2.45, 2.75) is 6.42 Å². The molecule has 1 aliphatic rings. The zero-order valence-corrected chi connectivity index (χ0v) is 19.3. The molecule has 1 amide bonds. The van der Waals surface area contributed by atoms with Gasteiger partial charge in [0.15, 0.2) is 0 Å². The minimum absolute atomic E-state index is 0.172. The Morgan fingerprint density at radius 3 is 2.63 bits per heavy atom. The van der Waals surface area contributed by atoms with Gasteiger partial charge in [0.2, 0.25) is 0 Å². The molecule has 0 N–H and O–H groups in total. The second kappa shape index (κ2) is 10.4. The van der Waals surface area contributed by atoms with E-state index < -0.39 is 0 Å². The van der Waals surface area contributed by atoms with Crippen LogP contribution in [0.1, 0.15) is 11.1 Å². The molecule has 0 bridgehead atoms. The van der Waals surface area contributed by atoms with E-state index in [9.17, 15) is 4.79 Å². The van der Waals surface area contributed by atoms with Crippen molar-refractivity contribution in [3.63, 3.8) is 0 Å². The van der Waals surface area contributed by atoms with Gasteiger partial charge in [-0.1, -0.05) is 71.5 Å². The summed E-state index contributed by atoms with van der Waals surface area (Å²) in [6.07, 6.45) is 4.24. The van der Waals surface area contributed by atoms with Crippen molar-refractivity contribution in [1.82, 2.24) is 4.90 Å². The third kappa shape index (κ3) is 5.38. The predicted molar refractivity (Wildman–Crippen MR) is 129 cm³/mol. The van der Waals surface area contributed by atoms with Gasteiger partial charge < -0.3 is 9.47 Å². The number of hydrogen-bond donors (Lipinski definition) is 0. The quantitative estimate of drug-likeness (QED) is 0.200. The van der Waals surface area contributed by atoms with Crippen molar-refractivity contribution in [3.8, 4) is 11.5 Å². The summed E-state index contributed by atoms with van der Waals surface area (Å²) in [6.45, 7) is 4.35. The van der Waals surface area contributed by atoms with Crippen molar-refractivity contribution in [2.75, 3.05) is 20.3 Å². The fourth-order valence-corrected chi connectivity index (χ4v) is 4.52. The molecule has 2 aromatic rings. The number of thiocarbonyl (C=S) groups is 1. The smallest absolute Gasteiger partial charge is 0.265 e. The van der Waals surface area contributed by atoms with E-state index in [1.165, 1.54) is 16.7 Å². The van der Waals surface area contributed by atoms with Crippen LogP contribution < -0.4 is 9.47 Å². The van der Waals surface area contributed by atoms with Crippen LogP contribution in [0.25, 0.3) is 6.08 Å². The number of likely N-dealkylation sites (N-methyl/N-ethyl adjacent to an activating group) is 1. The fourth-order valence-electron chi connectivity index (χ4n) is 2.79. The lowest BCUT2D eigenvalue weighted by atomic mass is 10.1. The zero-order valence-electron chi connectivity index (χ0n) is 16.2. The summed E-state index contributed by atoms with van der Waals surface area (Å²) in [5.41, 5.74) is 1.66. The summed E-state index contributed by atoms with van der Waals surface area (Å²) in [7, 11) is 1.64. The maximum absolute atomic E-state index is 12.3. The van der Waals surface area contributed by atoms with Crippen molar-refractivity contribution >= 4 is 63.5 Å². The monoisotopic (exact) mass is 479 g/mol. The Balaban J connectivity index is 1.73. The highest BCUT2D eigenvalue weighted by Crippen LogP contribution is 2.37. The maximum Gasteiger partial charge on any atom is 0.265 e. The van der Waals surface area contributed by atoms with Gasteiger partial charge in [-0.25, -0.2) is 0 Å². The van der Waals surface area contributed by atoms with Crippen LogP contribution in [0.2, 0.25) is 10.0 Å². The van der Waals surface area contributed by atoms with E-state index in [2.05, 4.69) is 6.58 Å². The number of nitrogens with zero attached hydrogens (tertiary/aromatic N) is 1. The molecular formula is C22H19Cl2NO3S2. The molecule has 1 heterocycles. The van der Waals surface area contributed by atoms with Crippen LogP contribution in [0.15, 0.2) is 54.0 Å². The van der Waals surface area contributed by atoms with Crippen LogP contribution in [-0.2, 0) is 11.2 Å². The Morgan fingerprint density at radius 2 is 1.93 bits per heavy atom. The second-order valence-electron chi connectivity index (χ2n) is 6.34. The van der Waals surface area contributed by atoms with E-state index in [1.54, 1.807) is 25.3 Å². The lowest BCUT2D eigenvalue weighted by Gasteiger charge is -2.14. The first-order valence-corrected chi connectivity index (χ1v) is 11.0. The van der Waals surface area contributed by atoms with Gasteiger partial charge in [-0.3, -0.25) is 9.69 Å². The highest BCUT2D eigenvalue weighted by molar-refractivity contribution is 8.26. The Kier molecular flexibility index (Phi) is 7.83. The first kappa shape index (κ1) is 22.7. The number of para-hydroxylation sites is 1. The first-order chi connectivity index (χ1) is 14.4. The molecule has 4 nitrogen and oxygen atoms in total. The summed E-state index contributed by atoms with van der Waals surface area (Å²) < 4.78 is 12.2. The van der Waals surface area contributed by atoms with E-state index in [0.29, 0.717) is 37.2 Å². The topological polar surface area (TPSA) is 38.8 Å². The number of carbonyl (C=O) groups is 1. The molecule has 1 fully saturated rings. The summed E-state index contributed by atoms with van der Waals surface area (Å²) in [4.78, 5) is 14.2. The number of carbonyl (C=O) groups excluding carboxylic acids is 1. The van der Waals surface area contributed by atoms with E-state index >= 15 is 0 Å². The van der Waals surface area contributed by atoms with Crippen LogP contribution in [0, 0.1) is 0 Å². The Morgan fingerprint density at radius 1 is 1.20 bits per heavy atom. The Hall–Kier alpha value is -1.99. The molecule has 0 aliphatic carbocycles. The third-order valence-corrected chi connectivity index (χ3v) is 6.22. The molecule has 30 heavy (non-hydrogen) atoms. The average Bonchev–Trinajstić information content (AvgIpc) is 2.94. The van der Waals surface area contributed by atoms with Crippen molar-refractivity contribution in [2.24, 2.45) is 0 Å². The highest BCUT2D eigenvalue weighted by Gasteiger charge is 2.29. The molecule has 8 heteroatoms. The van der Waals surface area contributed by atoms with Gasteiger partial charge >= 0.3 is 0 Å². The average molecular weight is 480 g/mol. The van der Waals surface area contributed by atoms with E-state index in [1.807, 2.05) is 30.3 Å². The molecular weight excluding hydrogens is 461 g/mol. The highest BCUT2D eigenvalue weighted by atomic mass is 35.5. The molecule has 0 radical (unpaired) electrons. The number of amides is 1. The number of hydrogen-bond acceptors (Lipinski definition) is 5. The third-order valence-electron chi connectivity index (χ3n) is 4.23. The Labute approximate surface area is 195 Å². The number of rotatable bonds is 8. The van der Waals surface area contributed by atoms with Gasteiger partial charge in [0.1, 0.15) is 29.0 Å². The van der Waals surface area contributed by atoms with Gasteiger partial charge in [-0.2, -0.15) is 0 Å². The predicted octanol–water partition coefficient (Wildman–Crippen LogP) is 6.01. The number of halogens is 2. The van der Waals surface area contributed by atoms with Crippen molar-refractivity contribution in [3.05, 3.63) is 75.1 Å². The SMILES string of the molecule is C=CCc1ccccc1OCCOc1c(Cl)cc(Cl)cc1C=C1SC(=S)N(C)C1=O. The van der Waals surface area contributed by atoms with E-state index in [-0.39, 0.29) is 12.5 Å². The summed E-state index contributed by atoms with van der Waals surface area (Å²) in [5.74, 6) is 1.05. The number of allylic oxidation sites excluding steroid dienone is 1. The summed E-state index contributed by atoms with van der Waals surface area (Å²) in [6, 6.07) is 11.1. The lowest BCUT2D eigenvalue weighted by Crippen LogP contribution is -2.22. The zero-order chi connectivity index (χ0) is 21.7. The minimum Gasteiger partial charge on any atom is -0.490 e. The molecule has 2 aromatic carbocycles. The maximum atomic E-state index is 12.3. The minimum atomic E-state index is -0.172. The molecule has 0 unspecified atom stereocenters. The van der Waals surface area contributed by atoms with E-state index in [4.69, 9.17) is 44.9 Å². The Bertz CT molecular complexity index is 1020. The largest absolute Gasteiger partial charge is 0.490 e. The van der Waals surface area contributed by atoms with E-state index in [0.717, 1.165) is 17.7 Å². The molecule has 0 saturated carbocycles. The number of thioether (sulfide) groups is 1.